The van der Waals surface area contributed by atoms with E-state index in [2.05, 4.69) is 4.98 Å². The normalized spacial score (nSPS) is 12.5. The van der Waals surface area contributed by atoms with Gasteiger partial charge in [0.25, 0.3) is 0 Å². The van der Waals surface area contributed by atoms with Crippen molar-refractivity contribution in [2.75, 3.05) is 7.11 Å². The summed E-state index contributed by atoms with van der Waals surface area (Å²) in [5.41, 5.74) is 7.35. The minimum absolute atomic E-state index is 0.0868. The number of rotatable bonds is 3. The molecule has 0 aliphatic carbocycles. The van der Waals surface area contributed by atoms with Crippen LogP contribution in [0.4, 0.5) is 0 Å². The Balaban J connectivity index is 2.46. The minimum Gasteiger partial charge on any atom is -0.495 e. The third-order valence-electron chi connectivity index (χ3n) is 2.43. The van der Waals surface area contributed by atoms with Crippen molar-refractivity contribution in [3.63, 3.8) is 0 Å². The van der Waals surface area contributed by atoms with Gasteiger partial charge in [-0.15, -0.1) is 11.3 Å². The topological polar surface area (TPSA) is 48.1 Å². The first kappa shape index (κ1) is 13.6. The monoisotopic (exact) mass is 302 g/mol. The summed E-state index contributed by atoms with van der Waals surface area (Å²) in [7, 11) is 1.55. The van der Waals surface area contributed by atoms with Gasteiger partial charge in [0.2, 0.25) is 0 Å². The number of aromatic nitrogens is 1. The summed E-state index contributed by atoms with van der Waals surface area (Å²) in [5, 5.41) is 3.85. The maximum Gasteiger partial charge on any atom is 0.138 e. The van der Waals surface area contributed by atoms with Gasteiger partial charge in [-0.25, -0.2) is 4.98 Å². The highest BCUT2D eigenvalue weighted by molar-refractivity contribution is 7.10. The zero-order valence-electron chi connectivity index (χ0n) is 9.91. The second-order valence-electron chi connectivity index (χ2n) is 3.83. The molecular weight excluding hydrogens is 291 g/mol. The fourth-order valence-electron chi connectivity index (χ4n) is 1.50. The first-order chi connectivity index (χ1) is 8.52. The van der Waals surface area contributed by atoms with Crippen LogP contribution < -0.4 is 10.5 Å². The molecule has 2 rings (SSSR count). The summed E-state index contributed by atoms with van der Waals surface area (Å²) in [5.74, 6) is 0.549. The second kappa shape index (κ2) is 5.45. The van der Waals surface area contributed by atoms with E-state index in [1.54, 1.807) is 19.2 Å². The molecular formula is C12H12Cl2N2OS. The number of hydrogen-bond donors (Lipinski definition) is 1. The SMILES string of the molecule is COc1cc(Cl)c(-c2csc(C(C)N)n2)cc1Cl. The molecule has 0 fully saturated rings. The minimum atomic E-state index is -0.0868. The molecule has 0 amide bonds. The van der Waals surface area contributed by atoms with Gasteiger partial charge in [-0.05, 0) is 13.0 Å². The maximum absolute atomic E-state index is 6.20. The van der Waals surface area contributed by atoms with E-state index in [-0.39, 0.29) is 6.04 Å². The third-order valence-corrected chi connectivity index (χ3v) is 4.08. The second-order valence-corrected chi connectivity index (χ2v) is 5.53. The van der Waals surface area contributed by atoms with Gasteiger partial charge >= 0.3 is 0 Å². The highest BCUT2D eigenvalue weighted by atomic mass is 35.5. The van der Waals surface area contributed by atoms with Crippen LogP contribution in [0.25, 0.3) is 11.3 Å². The standard InChI is InChI=1S/C12H12Cl2N2OS/c1-6(15)12-16-10(5-18-12)7-3-9(14)11(17-2)4-8(7)13/h3-6H,15H2,1-2H3. The highest BCUT2D eigenvalue weighted by Gasteiger charge is 2.13. The average Bonchev–Trinajstić information content (AvgIpc) is 2.81. The largest absolute Gasteiger partial charge is 0.495 e. The van der Waals surface area contributed by atoms with Crippen molar-refractivity contribution >= 4 is 34.5 Å². The number of benzene rings is 1. The molecule has 0 spiro atoms. The first-order valence-electron chi connectivity index (χ1n) is 5.27. The lowest BCUT2D eigenvalue weighted by molar-refractivity contribution is 0.415. The molecule has 1 aromatic heterocycles. The molecule has 1 heterocycles. The van der Waals surface area contributed by atoms with E-state index >= 15 is 0 Å². The Labute approximate surface area is 120 Å². The molecule has 3 nitrogen and oxygen atoms in total. The molecule has 2 N–H and O–H groups in total. The Bertz CT molecular complexity index is 569. The fourth-order valence-corrected chi connectivity index (χ4v) is 2.77. The van der Waals surface area contributed by atoms with E-state index in [1.165, 1.54) is 11.3 Å². The number of thiazole rings is 1. The van der Waals surface area contributed by atoms with E-state index in [4.69, 9.17) is 33.7 Å². The molecule has 18 heavy (non-hydrogen) atoms. The van der Waals surface area contributed by atoms with Gasteiger partial charge < -0.3 is 10.5 Å². The van der Waals surface area contributed by atoms with Gasteiger partial charge in [0.05, 0.1) is 28.9 Å². The zero-order valence-corrected chi connectivity index (χ0v) is 12.2. The molecule has 0 radical (unpaired) electrons. The van der Waals surface area contributed by atoms with Crippen LogP contribution in [-0.2, 0) is 0 Å². The number of nitrogens with two attached hydrogens (primary N) is 1. The molecule has 0 aliphatic rings. The molecule has 1 aromatic carbocycles. The number of methoxy groups -OCH3 is 1. The van der Waals surface area contributed by atoms with Crippen molar-refractivity contribution in [2.24, 2.45) is 5.73 Å². The molecule has 2 aromatic rings. The van der Waals surface area contributed by atoms with Gasteiger partial charge in [0.1, 0.15) is 10.8 Å². The Morgan fingerprint density at radius 1 is 1.33 bits per heavy atom. The van der Waals surface area contributed by atoms with Crippen molar-refractivity contribution in [1.82, 2.24) is 4.98 Å². The Hall–Kier alpha value is -0.810. The summed E-state index contributed by atoms with van der Waals surface area (Å²) >= 11 is 13.8. The van der Waals surface area contributed by atoms with Crippen LogP contribution in [0.2, 0.25) is 10.0 Å². The fraction of sp³-hybridized carbons (Fsp3) is 0.250. The van der Waals surface area contributed by atoms with E-state index in [1.807, 2.05) is 12.3 Å². The van der Waals surface area contributed by atoms with Crippen molar-refractivity contribution < 1.29 is 4.74 Å². The molecule has 0 bridgehead atoms. The average molecular weight is 303 g/mol. The van der Waals surface area contributed by atoms with Crippen molar-refractivity contribution in [2.45, 2.75) is 13.0 Å². The quantitative estimate of drug-likeness (QED) is 0.926. The van der Waals surface area contributed by atoms with E-state index in [0.29, 0.717) is 15.8 Å². The number of nitrogens with zero attached hydrogens (tertiary/aromatic N) is 1. The predicted octanol–water partition coefficient (Wildman–Crippen LogP) is 4.15. The Morgan fingerprint density at radius 3 is 2.61 bits per heavy atom. The number of halogens is 2. The van der Waals surface area contributed by atoms with Crippen LogP contribution in [0, 0.1) is 0 Å². The maximum atomic E-state index is 6.20. The third kappa shape index (κ3) is 2.62. The summed E-state index contributed by atoms with van der Waals surface area (Å²) in [6, 6.07) is 3.35. The zero-order chi connectivity index (χ0) is 13.3. The smallest absolute Gasteiger partial charge is 0.138 e. The lowest BCUT2D eigenvalue weighted by Crippen LogP contribution is -2.03. The summed E-state index contributed by atoms with van der Waals surface area (Å²) in [4.78, 5) is 4.45. The molecule has 1 atom stereocenters. The molecule has 1 unspecified atom stereocenters. The van der Waals surface area contributed by atoms with Crippen LogP contribution >= 0.6 is 34.5 Å². The molecule has 0 saturated heterocycles. The number of ether oxygens (including phenoxy) is 1. The summed E-state index contributed by atoms with van der Waals surface area (Å²) in [6.45, 7) is 1.89. The summed E-state index contributed by atoms with van der Waals surface area (Å²) in [6.07, 6.45) is 0. The molecule has 6 heteroatoms. The van der Waals surface area contributed by atoms with Gasteiger partial charge in [-0.3, -0.25) is 0 Å². The first-order valence-corrected chi connectivity index (χ1v) is 6.91. The summed E-state index contributed by atoms with van der Waals surface area (Å²) < 4.78 is 5.11. The van der Waals surface area contributed by atoms with Gasteiger partial charge in [-0.1, -0.05) is 23.2 Å². The highest BCUT2D eigenvalue weighted by Crippen LogP contribution is 2.37. The van der Waals surface area contributed by atoms with Crippen LogP contribution in [0.5, 0.6) is 5.75 Å². The van der Waals surface area contributed by atoms with E-state index < -0.39 is 0 Å². The molecule has 96 valence electrons. The van der Waals surface area contributed by atoms with Gasteiger partial charge in [-0.2, -0.15) is 0 Å². The molecule has 0 aliphatic heterocycles. The Morgan fingerprint density at radius 2 is 2.06 bits per heavy atom. The van der Waals surface area contributed by atoms with Crippen LogP contribution in [0.3, 0.4) is 0 Å². The van der Waals surface area contributed by atoms with E-state index in [9.17, 15) is 0 Å². The van der Waals surface area contributed by atoms with Crippen molar-refractivity contribution in [3.05, 3.63) is 32.6 Å². The van der Waals surface area contributed by atoms with E-state index in [0.717, 1.165) is 16.3 Å². The van der Waals surface area contributed by atoms with Gasteiger partial charge in [0, 0.05) is 17.0 Å². The van der Waals surface area contributed by atoms with Crippen molar-refractivity contribution in [1.29, 1.82) is 0 Å². The number of hydrogen-bond acceptors (Lipinski definition) is 4. The lowest BCUT2D eigenvalue weighted by atomic mass is 10.1. The lowest BCUT2D eigenvalue weighted by Gasteiger charge is -2.07. The van der Waals surface area contributed by atoms with Crippen LogP contribution in [0.15, 0.2) is 17.5 Å². The Kier molecular flexibility index (Phi) is 4.12. The van der Waals surface area contributed by atoms with Crippen LogP contribution in [-0.4, -0.2) is 12.1 Å². The van der Waals surface area contributed by atoms with Gasteiger partial charge in [0.15, 0.2) is 0 Å². The van der Waals surface area contributed by atoms with Crippen LogP contribution in [0.1, 0.15) is 18.0 Å². The predicted molar refractivity (Wildman–Crippen MR) is 76.7 cm³/mol. The van der Waals surface area contributed by atoms with Crippen molar-refractivity contribution in [3.8, 4) is 17.0 Å². The molecule has 0 saturated carbocycles.